The quantitative estimate of drug-likeness (QED) is 0.834. The molecule has 1 aromatic carbocycles. The van der Waals surface area contributed by atoms with Crippen molar-refractivity contribution in [3.63, 3.8) is 0 Å². The number of amides is 1. The van der Waals surface area contributed by atoms with Crippen LogP contribution >= 0.6 is 11.8 Å². The molecule has 2 heterocycles. The van der Waals surface area contributed by atoms with Gasteiger partial charge in [-0.1, -0.05) is 0 Å². The van der Waals surface area contributed by atoms with Crippen LogP contribution in [0.1, 0.15) is 5.56 Å². The molecule has 3 rings (SSSR count). The minimum atomic E-state index is -0.435. The first kappa shape index (κ1) is 15.9. The molecule has 23 heavy (non-hydrogen) atoms. The van der Waals surface area contributed by atoms with E-state index in [1.165, 1.54) is 11.8 Å². The summed E-state index contributed by atoms with van der Waals surface area (Å²) in [7, 11) is 0. The lowest BCUT2D eigenvalue weighted by Crippen LogP contribution is -2.45. The highest BCUT2D eigenvalue weighted by Crippen LogP contribution is 2.28. The van der Waals surface area contributed by atoms with Gasteiger partial charge in [-0.15, -0.1) is 0 Å². The summed E-state index contributed by atoms with van der Waals surface area (Å²) >= 11 is 1.49. The molecule has 1 unspecified atom stereocenters. The van der Waals surface area contributed by atoms with Crippen LogP contribution in [0.2, 0.25) is 0 Å². The Morgan fingerprint density at radius 1 is 1.39 bits per heavy atom. The maximum absolute atomic E-state index is 12.2. The molecule has 2 N–H and O–H groups in total. The Bertz CT molecular complexity index is 675. The Hall–Kier alpha value is -1.96. The number of aromatic nitrogens is 2. The summed E-state index contributed by atoms with van der Waals surface area (Å²) in [6, 6.07) is 7.64. The molecule has 1 aliphatic rings. The smallest absolute Gasteiger partial charge is 0.254 e. The predicted molar refractivity (Wildman–Crippen MR) is 88.6 cm³/mol. The van der Waals surface area contributed by atoms with Gasteiger partial charge in [0.1, 0.15) is 6.10 Å². The number of ether oxygens (including phenoxy) is 1. The van der Waals surface area contributed by atoms with Crippen LogP contribution in [0.3, 0.4) is 0 Å². The highest BCUT2D eigenvalue weighted by atomic mass is 32.2. The molecule has 0 spiro atoms. The van der Waals surface area contributed by atoms with Crippen LogP contribution in [0.5, 0.6) is 0 Å². The first-order valence-electron chi connectivity index (χ1n) is 7.41. The van der Waals surface area contributed by atoms with E-state index in [0.29, 0.717) is 18.3 Å². The van der Waals surface area contributed by atoms with Gasteiger partial charge in [0.05, 0.1) is 6.61 Å². The third kappa shape index (κ3) is 4.28. The van der Waals surface area contributed by atoms with E-state index in [-0.39, 0.29) is 5.91 Å². The highest BCUT2D eigenvalue weighted by Gasteiger charge is 2.22. The van der Waals surface area contributed by atoms with Crippen molar-refractivity contribution in [2.75, 3.05) is 25.0 Å². The highest BCUT2D eigenvalue weighted by molar-refractivity contribution is 7.99. The number of nitrogens with one attached hydrogen (secondary N) is 2. The lowest BCUT2D eigenvalue weighted by atomic mass is 10.2. The summed E-state index contributed by atoms with van der Waals surface area (Å²) in [5, 5.41) is 6.78. The van der Waals surface area contributed by atoms with Crippen LogP contribution in [0, 0.1) is 6.92 Å². The van der Waals surface area contributed by atoms with Crippen molar-refractivity contribution in [1.29, 1.82) is 0 Å². The van der Waals surface area contributed by atoms with E-state index in [2.05, 4.69) is 20.6 Å². The van der Waals surface area contributed by atoms with E-state index >= 15 is 0 Å². The second-order valence-corrected chi connectivity index (χ2v) is 6.20. The Balaban J connectivity index is 1.66. The summed E-state index contributed by atoms with van der Waals surface area (Å²) in [5.41, 5.74) is 1.78. The largest absolute Gasteiger partial charge is 0.366 e. The minimum absolute atomic E-state index is 0.118. The maximum Gasteiger partial charge on any atom is 0.254 e. The topological polar surface area (TPSA) is 76.1 Å². The van der Waals surface area contributed by atoms with Gasteiger partial charge >= 0.3 is 0 Å². The van der Waals surface area contributed by atoms with E-state index in [1.807, 2.05) is 25.1 Å². The fourth-order valence-electron chi connectivity index (χ4n) is 2.23. The third-order valence-electron chi connectivity index (χ3n) is 3.43. The SMILES string of the molecule is Cc1cc(Sc2ncccn2)ccc1NC(=O)C1CNCCO1. The molecule has 0 saturated carbocycles. The normalized spacial score (nSPS) is 17.7. The van der Waals surface area contributed by atoms with Gasteiger partial charge in [-0.25, -0.2) is 9.97 Å². The molecule has 1 aliphatic heterocycles. The lowest BCUT2D eigenvalue weighted by molar-refractivity contribution is -0.128. The number of morpholine rings is 1. The molecular formula is C16H18N4O2S. The molecule has 1 fully saturated rings. The van der Waals surface area contributed by atoms with Gasteiger partial charge in [-0.05, 0) is 48.5 Å². The summed E-state index contributed by atoms with van der Waals surface area (Å²) in [5.74, 6) is -0.118. The van der Waals surface area contributed by atoms with Gasteiger partial charge in [0.25, 0.3) is 5.91 Å². The Kier molecular flexibility index (Phi) is 5.22. The second-order valence-electron chi connectivity index (χ2n) is 5.16. The molecule has 2 aromatic rings. The molecule has 0 radical (unpaired) electrons. The van der Waals surface area contributed by atoms with Gasteiger partial charge < -0.3 is 15.4 Å². The number of benzene rings is 1. The monoisotopic (exact) mass is 330 g/mol. The van der Waals surface area contributed by atoms with Crippen LogP contribution in [0.25, 0.3) is 0 Å². The van der Waals surface area contributed by atoms with E-state index < -0.39 is 6.10 Å². The number of carbonyl (C=O) groups excluding carboxylic acids is 1. The number of rotatable bonds is 4. The summed E-state index contributed by atoms with van der Waals surface area (Å²) in [6.45, 7) is 3.86. The molecular weight excluding hydrogens is 312 g/mol. The Morgan fingerprint density at radius 2 is 2.22 bits per heavy atom. The van der Waals surface area contributed by atoms with Gasteiger partial charge in [0, 0.05) is 36.1 Å². The van der Waals surface area contributed by atoms with E-state index in [1.54, 1.807) is 18.5 Å². The zero-order chi connectivity index (χ0) is 16.1. The predicted octanol–water partition coefficient (Wildman–Crippen LogP) is 1.86. The van der Waals surface area contributed by atoms with Crippen LogP contribution in [-0.2, 0) is 9.53 Å². The van der Waals surface area contributed by atoms with Gasteiger partial charge in [-0.3, -0.25) is 4.79 Å². The number of anilines is 1. The van der Waals surface area contributed by atoms with E-state index in [9.17, 15) is 4.79 Å². The fraction of sp³-hybridized carbons (Fsp3) is 0.312. The fourth-order valence-corrected chi connectivity index (χ4v) is 3.04. The van der Waals surface area contributed by atoms with Crippen molar-refractivity contribution in [1.82, 2.24) is 15.3 Å². The first-order valence-corrected chi connectivity index (χ1v) is 8.23. The Labute approximate surface area is 139 Å². The van der Waals surface area contributed by atoms with Gasteiger partial charge in [-0.2, -0.15) is 0 Å². The van der Waals surface area contributed by atoms with Crippen molar-refractivity contribution in [2.24, 2.45) is 0 Å². The van der Waals surface area contributed by atoms with Crippen LogP contribution < -0.4 is 10.6 Å². The third-order valence-corrected chi connectivity index (χ3v) is 4.31. The number of carbonyl (C=O) groups is 1. The van der Waals surface area contributed by atoms with Crippen molar-refractivity contribution >= 4 is 23.4 Å². The molecule has 7 heteroatoms. The van der Waals surface area contributed by atoms with Crippen molar-refractivity contribution < 1.29 is 9.53 Å². The zero-order valence-electron chi connectivity index (χ0n) is 12.8. The molecule has 0 bridgehead atoms. The number of nitrogens with zero attached hydrogens (tertiary/aromatic N) is 2. The van der Waals surface area contributed by atoms with Crippen LogP contribution in [-0.4, -0.2) is 41.7 Å². The minimum Gasteiger partial charge on any atom is -0.366 e. The summed E-state index contributed by atoms with van der Waals surface area (Å²) < 4.78 is 5.46. The Morgan fingerprint density at radius 3 is 2.91 bits per heavy atom. The number of hydrogen-bond donors (Lipinski definition) is 2. The van der Waals surface area contributed by atoms with E-state index in [0.717, 1.165) is 22.7 Å². The van der Waals surface area contributed by atoms with Crippen LogP contribution in [0.15, 0.2) is 46.7 Å². The molecule has 1 saturated heterocycles. The molecule has 6 nitrogen and oxygen atoms in total. The summed E-state index contributed by atoms with van der Waals surface area (Å²) in [4.78, 5) is 21.6. The van der Waals surface area contributed by atoms with Crippen LogP contribution in [0.4, 0.5) is 5.69 Å². The average Bonchev–Trinajstić information content (AvgIpc) is 2.59. The standard InChI is InChI=1S/C16H18N4O2S/c1-11-9-12(23-16-18-5-2-6-19-16)3-4-13(11)20-15(21)14-10-17-7-8-22-14/h2-6,9,14,17H,7-8,10H2,1H3,(H,20,21). The van der Waals surface area contributed by atoms with Gasteiger partial charge in [0.15, 0.2) is 5.16 Å². The molecule has 1 atom stereocenters. The maximum atomic E-state index is 12.2. The first-order chi connectivity index (χ1) is 11.2. The molecule has 0 aliphatic carbocycles. The molecule has 120 valence electrons. The van der Waals surface area contributed by atoms with Crippen molar-refractivity contribution in [3.05, 3.63) is 42.2 Å². The number of aryl methyl sites for hydroxylation is 1. The molecule has 1 aromatic heterocycles. The summed E-state index contributed by atoms with van der Waals surface area (Å²) in [6.07, 6.45) is 3.00. The molecule has 1 amide bonds. The number of hydrogen-bond acceptors (Lipinski definition) is 6. The van der Waals surface area contributed by atoms with Gasteiger partial charge in [0.2, 0.25) is 0 Å². The zero-order valence-corrected chi connectivity index (χ0v) is 13.6. The average molecular weight is 330 g/mol. The van der Waals surface area contributed by atoms with E-state index in [4.69, 9.17) is 4.74 Å². The lowest BCUT2D eigenvalue weighted by Gasteiger charge is -2.23. The van der Waals surface area contributed by atoms with Crippen molar-refractivity contribution in [2.45, 2.75) is 23.1 Å². The second kappa shape index (κ2) is 7.54. The van der Waals surface area contributed by atoms with Crippen molar-refractivity contribution in [3.8, 4) is 0 Å².